The van der Waals surface area contributed by atoms with Crippen LogP contribution in [0.25, 0.3) is 27.3 Å². The van der Waals surface area contributed by atoms with Gasteiger partial charge in [-0.3, -0.25) is 0 Å². The number of alkyl halides is 3. The minimum atomic E-state index is -4.52. The smallest absolute Gasteiger partial charge is 0.227 e. The Kier molecular flexibility index (Phi) is 3.38. The van der Waals surface area contributed by atoms with Crippen LogP contribution in [0.15, 0.2) is 60.1 Å². The Balaban J connectivity index is 2.03. The first-order valence-electron chi connectivity index (χ1n) is 7.09. The molecular formula is C17H10F3N3S. The quantitative estimate of drug-likeness (QED) is 0.503. The predicted octanol–water partition coefficient (Wildman–Crippen LogP) is 5.14. The maximum Gasteiger partial charge on any atom is 0.433 e. The van der Waals surface area contributed by atoms with E-state index in [2.05, 4.69) is 10.1 Å². The van der Waals surface area contributed by atoms with Crippen molar-refractivity contribution >= 4 is 17.0 Å². The number of benzene rings is 1. The van der Waals surface area contributed by atoms with Crippen LogP contribution in [0.5, 0.6) is 0 Å². The van der Waals surface area contributed by atoms with Crippen molar-refractivity contribution in [3.63, 3.8) is 0 Å². The Morgan fingerprint density at radius 2 is 1.79 bits per heavy atom. The third kappa shape index (κ3) is 2.46. The largest absolute Gasteiger partial charge is 0.433 e. The molecule has 4 aromatic rings. The zero-order valence-corrected chi connectivity index (χ0v) is 13.0. The van der Waals surface area contributed by atoms with Crippen molar-refractivity contribution in [1.29, 1.82) is 0 Å². The van der Waals surface area contributed by atoms with Crippen LogP contribution in [0.2, 0.25) is 0 Å². The number of rotatable bonds is 2. The highest BCUT2D eigenvalue weighted by molar-refractivity contribution is 7.13. The maximum atomic E-state index is 13.5. The molecule has 0 fully saturated rings. The van der Waals surface area contributed by atoms with Crippen LogP contribution in [0.1, 0.15) is 5.69 Å². The second-order valence-corrected chi connectivity index (χ2v) is 6.11. The van der Waals surface area contributed by atoms with Crippen molar-refractivity contribution in [3.8, 4) is 21.7 Å². The highest BCUT2D eigenvalue weighted by Crippen LogP contribution is 2.35. The summed E-state index contributed by atoms with van der Waals surface area (Å²) in [7, 11) is 0. The second kappa shape index (κ2) is 5.45. The molecule has 0 saturated heterocycles. The van der Waals surface area contributed by atoms with Gasteiger partial charge in [0, 0.05) is 5.56 Å². The summed E-state index contributed by atoms with van der Waals surface area (Å²) in [5.74, 6) is 0. The lowest BCUT2D eigenvalue weighted by atomic mass is 10.1. The average molecular weight is 345 g/mol. The number of aromatic nitrogens is 3. The van der Waals surface area contributed by atoms with Gasteiger partial charge in [-0.25, -0.2) is 9.50 Å². The summed E-state index contributed by atoms with van der Waals surface area (Å²) in [6.07, 6.45) is -3.10. The molecule has 0 saturated carbocycles. The zero-order chi connectivity index (χ0) is 16.7. The molecule has 120 valence electrons. The van der Waals surface area contributed by atoms with Gasteiger partial charge in [0.15, 0.2) is 11.3 Å². The van der Waals surface area contributed by atoms with Gasteiger partial charge in [-0.05, 0) is 23.1 Å². The molecule has 3 heterocycles. The Labute approximate surface area is 139 Å². The first-order valence-corrected chi connectivity index (χ1v) is 7.97. The lowest BCUT2D eigenvalue weighted by Gasteiger charge is -2.11. The van der Waals surface area contributed by atoms with Gasteiger partial charge in [0.05, 0.1) is 16.8 Å². The lowest BCUT2D eigenvalue weighted by Crippen LogP contribution is -2.13. The Hall–Kier alpha value is -2.67. The van der Waals surface area contributed by atoms with Crippen molar-refractivity contribution in [2.45, 2.75) is 6.18 Å². The molecule has 0 spiro atoms. The summed E-state index contributed by atoms with van der Waals surface area (Å²) in [6.45, 7) is 0. The summed E-state index contributed by atoms with van der Waals surface area (Å²) in [6, 6.07) is 13.7. The van der Waals surface area contributed by atoms with Crippen LogP contribution in [-0.2, 0) is 6.18 Å². The van der Waals surface area contributed by atoms with E-state index in [1.807, 2.05) is 35.7 Å². The van der Waals surface area contributed by atoms with Gasteiger partial charge < -0.3 is 0 Å². The summed E-state index contributed by atoms with van der Waals surface area (Å²) < 4.78 is 41.3. The van der Waals surface area contributed by atoms with Crippen LogP contribution in [-0.4, -0.2) is 14.6 Å². The third-order valence-corrected chi connectivity index (χ3v) is 4.51. The van der Waals surface area contributed by atoms with Gasteiger partial charge in [-0.2, -0.15) is 18.3 Å². The van der Waals surface area contributed by atoms with Crippen molar-refractivity contribution in [1.82, 2.24) is 14.6 Å². The molecule has 3 aromatic heterocycles. The Bertz CT molecular complexity index is 989. The van der Waals surface area contributed by atoms with Crippen molar-refractivity contribution < 1.29 is 13.2 Å². The summed E-state index contributed by atoms with van der Waals surface area (Å²) in [5.41, 5.74) is 0.996. The highest BCUT2D eigenvalue weighted by Gasteiger charge is 2.35. The summed E-state index contributed by atoms with van der Waals surface area (Å²) >= 11 is 1.35. The van der Waals surface area contributed by atoms with E-state index in [9.17, 15) is 13.2 Å². The number of halogens is 3. The highest BCUT2D eigenvalue weighted by atomic mass is 32.1. The van der Waals surface area contributed by atoms with Gasteiger partial charge in [-0.15, -0.1) is 11.3 Å². The van der Waals surface area contributed by atoms with Gasteiger partial charge >= 0.3 is 6.18 Å². The number of hydrogen-bond donors (Lipinski definition) is 0. The van der Waals surface area contributed by atoms with E-state index in [4.69, 9.17) is 0 Å². The van der Waals surface area contributed by atoms with Gasteiger partial charge in [0.1, 0.15) is 0 Å². The Morgan fingerprint density at radius 1 is 1.00 bits per heavy atom. The van der Waals surface area contributed by atoms with Gasteiger partial charge in [0.25, 0.3) is 0 Å². The van der Waals surface area contributed by atoms with E-state index < -0.39 is 11.9 Å². The lowest BCUT2D eigenvalue weighted by molar-refractivity contribution is -0.142. The van der Waals surface area contributed by atoms with Gasteiger partial charge in [-0.1, -0.05) is 36.4 Å². The topological polar surface area (TPSA) is 30.2 Å². The molecule has 3 nitrogen and oxygen atoms in total. The van der Waals surface area contributed by atoms with Crippen LogP contribution in [0.4, 0.5) is 13.2 Å². The standard InChI is InChI=1S/C17H10F3N3S/c18-17(19,20)15-9-13(14-7-4-8-24-14)22-16-12(10-21-23(15)16)11-5-2-1-3-6-11/h1-10H. The summed E-state index contributed by atoms with van der Waals surface area (Å²) in [4.78, 5) is 5.12. The predicted molar refractivity (Wildman–Crippen MR) is 86.7 cm³/mol. The molecule has 0 radical (unpaired) electrons. The van der Waals surface area contributed by atoms with Crippen LogP contribution < -0.4 is 0 Å². The molecule has 0 aliphatic rings. The van der Waals surface area contributed by atoms with E-state index in [1.165, 1.54) is 17.5 Å². The molecule has 0 aliphatic heterocycles. The van der Waals surface area contributed by atoms with Crippen molar-refractivity contribution in [2.24, 2.45) is 0 Å². The fourth-order valence-corrected chi connectivity index (χ4v) is 3.22. The SMILES string of the molecule is FC(F)(F)c1cc(-c2cccs2)nc2c(-c3ccccc3)cnn12. The van der Waals surface area contributed by atoms with Crippen LogP contribution >= 0.6 is 11.3 Å². The fraction of sp³-hybridized carbons (Fsp3) is 0.0588. The summed E-state index contributed by atoms with van der Waals surface area (Å²) in [5, 5.41) is 5.73. The number of thiophene rings is 1. The molecular weight excluding hydrogens is 335 g/mol. The van der Waals surface area contributed by atoms with Crippen LogP contribution in [0.3, 0.4) is 0 Å². The van der Waals surface area contributed by atoms with Crippen LogP contribution in [0, 0.1) is 0 Å². The second-order valence-electron chi connectivity index (χ2n) is 5.16. The monoisotopic (exact) mass is 345 g/mol. The molecule has 4 rings (SSSR count). The molecule has 0 unspecified atom stereocenters. The normalized spacial score (nSPS) is 12.0. The number of hydrogen-bond acceptors (Lipinski definition) is 3. The van der Waals surface area contributed by atoms with Gasteiger partial charge in [0.2, 0.25) is 0 Å². The molecule has 0 aliphatic carbocycles. The Morgan fingerprint density at radius 3 is 2.46 bits per heavy atom. The molecule has 0 atom stereocenters. The molecule has 1 aromatic carbocycles. The number of fused-ring (bicyclic) bond motifs is 1. The zero-order valence-electron chi connectivity index (χ0n) is 12.2. The van der Waals surface area contributed by atoms with Crippen molar-refractivity contribution in [3.05, 3.63) is 65.8 Å². The fourth-order valence-electron chi connectivity index (χ4n) is 2.54. The molecule has 7 heteroatoms. The minimum Gasteiger partial charge on any atom is -0.227 e. The average Bonchev–Trinajstić information content (AvgIpc) is 3.23. The maximum absolute atomic E-state index is 13.5. The van der Waals surface area contributed by atoms with E-state index in [-0.39, 0.29) is 5.65 Å². The molecule has 24 heavy (non-hydrogen) atoms. The minimum absolute atomic E-state index is 0.194. The van der Waals surface area contributed by atoms with E-state index in [0.717, 1.165) is 16.1 Å². The van der Waals surface area contributed by atoms with E-state index in [1.54, 1.807) is 12.1 Å². The molecule has 0 N–H and O–H groups in total. The number of nitrogens with zero attached hydrogens (tertiary/aromatic N) is 3. The van der Waals surface area contributed by atoms with E-state index >= 15 is 0 Å². The molecule has 0 amide bonds. The van der Waals surface area contributed by atoms with Crippen molar-refractivity contribution in [2.75, 3.05) is 0 Å². The van der Waals surface area contributed by atoms with E-state index in [0.29, 0.717) is 16.1 Å². The first-order chi connectivity index (χ1) is 11.5. The first kappa shape index (κ1) is 14.9. The third-order valence-electron chi connectivity index (χ3n) is 3.62. The molecule has 0 bridgehead atoms.